The number of likely N-dealkylation sites (N-methyl/N-ethyl adjacent to an activating group) is 1. The van der Waals surface area contributed by atoms with E-state index in [1.165, 1.54) is 17.1 Å². The first-order chi connectivity index (χ1) is 9.70. The Kier molecular flexibility index (Phi) is 3.90. The zero-order chi connectivity index (χ0) is 14.1. The van der Waals surface area contributed by atoms with Gasteiger partial charge < -0.3 is 9.80 Å². The molecule has 0 saturated carbocycles. The second kappa shape index (κ2) is 5.66. The molecule has 0 aliphatic carbocycles. The van der Waals surface area contributed by atoms with Crippen LogP contribution in [0.1, 0.15) is 5.56 Å². The van der Waals surface area contributed by atoms with Gasteiger partial charge in [0.2, 0.25) is 0 Å². The van der Waals surface area contributed by atoms with Gasteiger partial charge in [-0.25, -0.2) is 0 Å². The second-order valence-electron chi connectivity index (χ2n) is 4.97. The van der Waals surface area contributed by atoms with E-state index in [4.69, 9.17) is 11.6 Å². The standard InChI is InChI=1S/C16H16BrClN2/c1-19-8-9-20(16-5-3-2-4-15(16)19)13-7-6-12(11-18)14(17)10-13/h2-7,10H,8-9,11H2,1H3. The maximum Gasteiger partial charge on any atom is 0.0649 e. The van der Waals surface area contributed by atoms with Gasteiger partial charge in [-0.15, -0.1) is 11.6 Å². The molecule has 2 aromatic carbocycles. The fourth-order valence-electron chi connectivity index (χ4n) is 2.59. The largest absolute Gasteiger partial charge is 0.371 e. The van der Waals surface area contributed by atoms with Crippen molar-refractivity contribution in [2.75, 3.05) is 29.9 Å². The van der Waals surface area contributed by atoms with Crippen LogP contribution >= 0.6 is 27.5 Å². The summed E-state index contributed by atoms with van der Waals surface area (Å²) in [5, 5.41) is 0. The van der Waals surface area contributed by atoms with Gasteiger partial charge in [0.25, 0.3) is 0 Å². The number of hydrogen-bond donors (Lipinski definition) is 0. The van der Waals surface area contributed by atoms with Crippen LogP contribution < -0.4 is 9.80 Å². The summed E-state index contributed by atoms with van der Waals surface area (Å²) in [5.74, 6) is 0.528. The highest BCUT2D eigenvalue weighted by Crippen LogP contribution is 2.38. The topological polar surface area (TPSA) is 6.48 Å². The summed E-state index contributed by atoms with van der Waals surface area (Å²) < 4.78 is 1.07. The number of nitrogens with zero attached hydrogens (tertiary/aromatic N) is 2. The van der Waals surface area contributed by atoms with Crippen molar-refractivity contribution < 1.29 is 0 Å². The average molecular weight is 352 g/mol. The number of alkyl halides is 1. The Bertz CT molecular complexity index is 630. The first-order valence-electron chi connectivity index (χ1n) is 6.63. The molecule has 104 valence electrons. The van der Waals surface area contributed by atoms with Gasteiger partial charge in [-0.2, -0.15) is 0 Å². The van der Waals surface area contributed by atoms with E-state index in [0.717, 1.165) is 23.1 Å². The van der Waals surface area contributed by atoms with Gasteiger partial charge in [0.05, 0.1) is 11.4 Å². The molecule has 0 N–H and O–H groups in total. The van der Waals surface area contributed by atoms with E-state index in [2.05, 4.69) is 75.2 Å². The SMILES string of the molecule is CN1CCN(c2ccc(CCl)c(Br)c2)c2ccccc21. The molecule has 3 rings (SSSR count). The molecular formula is C16H16BrClN2. The predicted molar refractivity (Wildman–Crippen MR) is 90.4 cm³/mol. The fourth-order valence-corrected chi connectivity index (χ4v) is 3.49. The zero-order valence-electron chi connectivity index (χ0n) is 11.3. The molecule has 0 saturated heterocycles. The predicted octanol–water partition coefficient (Wildman–Crippen LogP) is 4.78. The first-order valence-corrected chi connectivity index (χ1v) is 7.95. The lowest BCUT2D eigenvalue weighted by Gasteiger charge is -2.37. The molecule has 1 heterocycles. The van der Waals surface area contributed by atoms with Gasteiger partial charge in [0.1, 0.15) is 0 Å². The Labute approximate surface area is 133 Å². The molecule has 0 amide bonds. The van der Waals surface area contributed by atoms with Crippen LogP contribution in [0.15, 0.2) is 46.9 Å². The van der Waals surface area contributed by atoms with Crippen LogP contribution in [0, 0.1) is 0 Å². The highest BCUT2D eigenvalue weighted by atomic mass is 79.9. The van der Waals surface area contributed by atoms with Crippen molar-refractivity contribution in [1.82, 2.24) is 0 Å². The lowest BCUT2D eigenvalue weighted by atomic mass is 10.1. The summed E-state index contributed by atoms with van der Waals surface area (Å²) in [7, 11) is 2.14. The van der Waals surface area contributed by atoms with E-state index >= 15 is 0 Å². The number of halogens is 2. The monoisotopic (exact) mass is 350 g/mol. The smallest absolute Gasteiger partial charge is 0.0649 e. The molecule has 20 heavy (non-hydrogen) atoms. The Morgan fingerprint density at radius 1 is 1.10 bits per heavy atom. The number of fused-ring (bicyclic) bond motifs is 1. The third kappa shape index (κ3) is 2.40. The van der Waals surface area contributed by atoms with Gasteiger partial charge in [-0.05, 0) is 29.8 Å². The zero-order valence-corrected chi connectivity index (χ0v) is 13.7. The van der Waals surface area contributed by atoms with E-state index in [1.807, 2.05) is 0 Å². The average Bonchev–Trinajstić information content (AvgIpc) is 2.48. The van der Waals surface area contributed by atoms with E-state index in [0.29, 0.717) is 5.88 Å². The lowest BCUT2D eigenvalue weighted by Crippen LogP contribution is -2.36. The molecule has 1 aliphatic rings. The summed E-state index contributed by atoms with van der Waals surface area (Å²) in [5.41, 5.74) is 4.85. The Hall–Kier alpha value is -1.19. The van der Waals surface area contributed by atoms with Gasteiger partial charge in [0, 0.05) is 36.2 Å². The van der Waals surface area contributed by atoms with Crippen molar-refractivity contribution in [3.8, 4) is 0 Å². The molecule has 0 bridgehead atoms. The summed E-state index contributed by atoms with van der Waals surface area (Å²) >= 11 is 9.52. The van der Waals surface area contributed by atoms with Crippen molar-refractivity contribution in [3.63, 3.8) is 0 Å². The molecule has 0 fully saturated rings. The summed E-state index contributed by atoms with van der Waals surface area (Å²) in [6.07, 6.45) is 0. The molecular weight excluding hydrogens is 336 g/mol. The molecule has 0 atom stereocenters. The van der Waals surface area contributed by atoms with Crippen molar-refractivity contribution in [2.24, 2.45) is 0 Å². The lowest BCUT2D eigenvalue weighted by molar-refractivity contribution is 0.822. The summed E-state index contributed by atoms with van der Waals surface area (Å²) in [4.78, 5) is 4.66. The van der Waals surface area contributed by atoms with E-state index < -0.39 is 0 Å². The van der Waals surface area contributed by atoms with Crippen LogP contribution in [0.2, 0.25) is 0 Å². The minimum Gasteiger partial charge on any atom is -0.371 e. The fraction of sp³-hybridized carbons (Fsp3) is 0.250. The van der Waals surface area contributed by atoms with Crippen LogP contribution in [-0.2, 0) is 5.88 Å². The van der Waals surface area contributed by atoms with Crippen molar-refractivity contribution in [1.29, 1.82) is 0 Å². The van der Waals surface area contributed by atoms with Gasteiger partial charge >= 0.3 is 0 Å². The van der Waals surface area contributed by atoms with Crippen molar-refractivity contribution >= 4 is 44.6 Å². The quantitative estimate of drug-likeness (QED) is 0.719. The van der Waals surface area contributed by atoms with Crippen LogP contribution in [0.4, 0.5) is 17.1 Å². The molecule has 1 aliphatic heterocycles. The number of anilines is 3. The third-order valence-corrected chi connectivity index (χ3v) is 4.76. The molecule has 4 heteroatoms. The minimum atomic E-state index is 0.528. The number of benzene rings is 2. The molecule has 2 nitrogen and oxygen atoms in total. The van der Waals surface area contributed by atoms with Crippen LogP contribution in [0.25, 0.3) is 0 Å². The minimum absolute atomic E-state index is 0.528. The second-order valence-corrected chi connectivity index (χ2v) is 6.09. The van der Waals surface area contributed by atoms with Crippen molar-refractivity contribution in [3.05, 3.63) is 52.5 Å². The molecule has 0 spiro atoms. The van der Waals surface area contributed by atoms with Gasteiger partial charge in [-0.1, -0.05) is 34.1 Å². The summed E-state index contributed by atoms with van der Waals surface area (Å²) in [6, 6.07) is 14.9. The van der Waals surface area contributed by atoms with E-state index in [1.54, 1.807) is 0 Å². The molecule has 0 radical (unpaired) electrons. The first kappa shape index (κ1) is 13.8. The Morgan fingerprint density at radius 2 is 1.85 bits per heavy atom. The Morgan fingerprint density at radius 3 is 2.55 bits per heavy atom. The molecule has 2 aromatic rings. The number of rotatable bonds is 2. The number of para-hydroxylation sites is 2. The highest BCUT2D eigenvalue weighted by molar-refractivity contribution is 9.10. The van der Waals surface area contributed by atoms with Crippen molar-refractivity contribution in [2.45, 2.75) is 5.88 Å². The summed E-state index contributed by atoms with van der Waals surface area (Å²) in [6.45, 7) is 2.01. The van der Waals surface area contributed by atoms with Crippen LogP contribution in [0.3, 0.4) is 0 Å². The highest BCUT2D eigenvalue weighted by Gasteiger charge is 2.21. The third-order valence-electron chi connectivity index (χ3n) is 3.74. The van der Waals surface area contributed by atoms with Gasteiger partial charge in [0.15, 0.2) is 0 Å². The normalized spacial score (nSPS) is 14.3. The van der Waals surface area contributed by atoms with E-state index in [9.17, 15) is 0 Å². The maximum absolute atomic E-state index is 5.92. The van der Waals surface area contributed by atoms with Crippen LogP contribution in [-0.4, -0.2) is 20.1 Å². The molecule has 0 aromatic heterocycles. The molecule has 0 unspecified atom stereocenters. The van der Waals surface area contributed by atoms with Crippen LogP contribution in [0.5, 0.6) is 0 Å². The Balaban J connectivity index is 2.03. The van der Waals surface area contributed by atoms with E-state index in [-0.39, 0.29) is 0 Å². The van der Waals surface area contributed by atoms with Gasteiger partial charge in [-0.3, -0.25) is 0 Å². The number of hydrogen-bond acceptors (Lipinski definition) is 2. The maximum atomic E-state index is 5.92.